The Kier molecular flexibility index (Phi) is 4.61. The number of rotatable bonds is 3. The van der Waals surface area contributed by atoms with Crippen LogP contribution in [0.15, 0.2) is 24.3 Å². The Morgan fingerprint density at radius 1 is 1.00 bits per heavy atom. The summed E-state index contributed by atoms with van der Waals surface area (Å²) in [7, 11) is -0.628. The molecule has 0 radical (unpaired) electrons. The number of hydrogen-bond acceptors (Lipinski definition) is 3. The van der Waals surface area contributed by atoms with E-state index in [1.54, 1.807) is 6.92 Å². The number of aliphatic hydroxyl groups excluding tert-OH is 1. The summed E-state index contributed by atoms with van der Waals surface area (Å²) in [4.78, 5) is 0. The van der Waals surface area contributed by atoms with Gasteiger partial charge in [-0.25, -0.2) is 0 Å². The first-order valence-electron chi connectivity index (χ1n) is 7.56. The number of aliphatic hydroxyl groups is 1. The molecule has 1 aliphatic heterocycles. The van der Waals surface area contributed by atoms with Crippen molar-refractivity contribution in [1.29, 1.82) is 0 Å². The average Bonchev–Trinajstić information content (AvgIpc) is 2.65. The van der Waals surface area contributed by atoms with E-state index in [0.29, 0.717) is 5.56 Å². The largest absolute Gasteiger partial charge is 0.463 e. The normalized spacial score (nSPS) is 22.9. The molecule has 1 fully saturated rings. The fraction of sp³-hybridized carbons (Fsp3) is 0.625. The van der Waals surface area contributed by atoms with Crippen LogP contribution >= 0.6 is 0 Å². The average molecular weight is 330 g/mol. The Morgan fingerprint density at radius 2 is 1.43 bits per heavy atom. The van der Waals surface area contributed by atoms with Crippen molar-refractivity contribution in [2.75, 3.05) is 0 Å². The zero-order chi connectivity index (χ0) is 17.6. The molecule has 1 aliphatic rings. The van der Waals surface area contributed by atoms with Gasteiger partial charge in [-0.15, -0.1) is 0 Å². The van der Waals surface area contributed by atoms with E-state index in [4.69, 9.17) is 9.31 Å². The van der Waals surface area contributed by atoms with Crippen molar-refractivity contribution < 1.29 is 27.6 Å². The summed E-state index contributed by atoms with van der Waals surface area (Å²) in [5.74, 6) is -0.423. The molecule has 0 aliphatic carbocycles. The van der Waals surface area contributed by atoms with E-state index in [0.717, 1.165) is 12.1 Å². The number of hydrogen-bond donors (Lipinski definition) is 1. The Balaban J connectivity index is 2.13. The monoisotopic (exact) mass is 330 g/mol. The lowest BCUT2D eigenvalue weighted by atomic mass is 9.68. The van der Waals surface area contributed by atoms with Crippen LogP contribution in [0.3, 0.4) is 0 Å². The highest BCUT2D eigenvalue weighted by Gasteiger charge is 2.54. The van der Waals surface area contributed by atoms with Crippen LogP contribution in [0.25, 0.3) is 0 Å². The Hall–Kier alpha value is -1.05. The van der Waals surface area contributed by atoms with Crippen LogP contribution < -0.4 is 0 Å². The highest BCUT2D eigenvalue weighted by molar-refractivity contribution is 6.47. The first kappa shape index (κ1) is 18.3. The Morgan fingerprint density at radius 3 is 1.83 bits per heavy atom. The molecule has 0 bridgehead atoms. The van der Waals surface area contributed by atoms with E-state index < -0.39 is 42.0 Å². The third-order valence-corrected chi connectivity index (χ3v) is 4.78. The fourth-order valence-electron chi connectivity index (χ4n) is 2.42. The topological polar surface area (TPSA) is 38.7 Å². The van der Waals surface area contributed by atoms with Gasteiger partial charge in [0.15, 0.2) is 0 Å². The molecule has 2 rings (SSSR count). The molecule has 0 amide bonds. The smallest absolute Gasteiger partial charge is 0.403 e. The standard InChI is InChI=1S/C16H22BF3O3/c1-10(17-22-14(2,3)15(4,5)23-17)13(21)11-6-8-12(9-7-11)16(18,19)20/h6-10,13,21H,1-5H3/t10-,13+/m0/s1. The molecular formula is C16H22BF3O3. The maximum Gasteiger partial charge on any atom is 0.463 e. The van der Waals surface area contributed by atoms with Gasteiger partial charge in [0.2, 0.25) is 0 Å². The van der Waals surface area contributed by atoms with Crippen LogP contribution in [0.4, 0.5) is 13.2 Å². The predicted molar refractivity (Wildman–Crippen MR) is 81.9 cm³/mol. The zero-order valence-corrected chi connectivity index (χ0v) is 13.9. The van der Waals surface area contributed by atoms with Crippen LogP contribution in [0.5, 0.6) is 0 Å². The van der Waals surface area contributed by atoms with Gasteiger partial charge in [0, 0.05) is 5.82 Å². The molecule has 1 saturated heterocycles. The molecule has 0 aromatic heterocycles. The van der Waals surface area contributed by atoms with Gasteiger partial charge in [-0.1, -0.05) is 19.1 Å². The minimum Gasteiger partial charge on any atom is -0.403 e. The van der Waals surface area contributed by atoms with Gasteiger partial charge in [-0.2, -0.15) is 13.2 Å². The quantitative estimate of drug-likeness (QED) is 0.844. The molecule has 128 valence electrons. The third-order valence-electron chi connectivity index (χ3n) is 4.78. The summed E-state index contributed by atoms with van der Waals surface area (Å²) in [6.45, 7) is 9.38. The van der Waals surface area contributed by atoms with Gasteiger partial charge in [0.25, 0.3) is 0 Å². The van der Waals surface area contributed by atoms with Crippen molar-refractivity contribution in [2.45, 2.75) is 63.9 Å². The van der Waals surface area contributed by atoms with Crippen LogP contribution in [-0.4, -0.2) is 23.4 Å². The lowest BCUT2D eigenvalue weighted by Crippen LogP contribution is -2.41. The minimum absolute atomic E-state index is 0.403. The van der Waals surface area contributed by atoms with E-state index in [9.17, 15) is 18.3 Å². The maximum absolute atomic E-state index is 12.6. The summed E-state index contributed by atoms with van der Waals surface area (Å²) in [5, 5.41) is 10.4. The van der Waals surface area contributed by atoms with Crippen molar-refractivity contribution in [3.63, 3.8) is 0 Å². The summed E-state index contributed by atoms with van der Waals surface area (Å²) in [5.41, 5.74) is -1.38. The lowest BCUT2D eigenvalue weighted by molar-refractivity contribution is -0.137. The zero-order valence-electron chi connectivity index (χ0n) is 13.9. The maximum atomic E-state index is 12.6. The van der Waals surface area contributed by atoms with Gasteiger partial charge >= 0.3 is 13.3 Å². The van der Waals surface area contributed by atoms with Crippen molar-refractivity contribution in [2.24, 2.45) is 0 Å². The molecular weight excluding hydrogens is 308 g/mol. The highest BCUT2D eigenvalue weighted by Crippen LogP contribution is 2.43. The summed E-state index contributed by atoms with van der Waals surface area (Å²) < 4.78 is 49.5. The van der Waals surface area contributed by atoms with Crippen molar-refractivity contribution in [1.82, 2.24) is 0 Å². The Bertz CT molecular complexity index is 539. The van der Waals surface area contributed by atoms with Gasteiger partial charge in [0.05, 0.1) is 22.9 Å². The molecule has 0 spiro atoms. The second kappa shape index (κ2) is 5.79. The van der Waals surface area contributed by atoms with E-state index in [1.807, 2.05) is 27.7 Å². The van der Waals surface area contributed by atoms with Gasteiger partial charge < -0.3 is 14.4 Å². The molecule has 23 heavy (non-hydrogen) atoms. The lowest BCUT2D eigenvalue weighted by Gasteiger charge is -2.32. The second-order valence-electron chi connectivity index (χ2n) is 7.05. The number of alkyl halides is 3. The number of benzene rings is 1. The predicted octanol–water partition coefficient (Wildman–Crippen LogP) is 4.22. The molecule has 1 N–H and O–H groups in total. The van der Waals surface area contributed by atoms with E-state index in [2.05, 4.69) is 0 Å². The molecule has 1 aromatic carbocycles. The van der Waals surface area contributed by atoms with Gasteiger partial charge in [0.1, 0.15) is 0 Å². The summed E-state index contributed by atoms with van der Waals surface area (Å²) >= 11 is 0. The molecule has 0 saturated carbocycles. The van der Waals surface area contributed by atoms with E-state index >= 15 is 0 Å². The molecule has 3 nitrogen and oxygen atoms in total. The molecule has 1 heterocycles. The van der Waals surface area contributed by atoms with Crippen LogP contribution in [0, 0.1) is 0 Å². The van der Waals surface area contributed by atoms with Crippen LogP contribution in [0.2, 0.25) is 5.82 Å². The first-order valence-corrected chi connectivity index (χ1v) is 7.56. The first-order chi connectivity index (χ1) is 10.3. The van der Waals surface area contributed by atoms with Crippen molar-refractivity contribution in [3.05, 3.63) is 35.4 Å². The molecule has 0 unspecified atom stereocenters. The molecule has 7 heteroatoms. The minimum atomic E-state index is -4.39. The van der Waals surface area contributed by atoms with Crippen LogP contribution in [0.1, 0.15) is 51.8 Å². The number of halogens is 3. The third kappa shape index (κ3) is 3.57. The second-order valence-corrected chi connectivity index (χ2v) is 7.05. The molecule has 2 atom stereocenters. The van der Waals surface area contributed by atoms with Gasteiger partial charge in [-0.3, -0.25) is 0 Å². The van der Waals surface area contributed by atoms with E-state index in [1.165, 1.54) is 12.1 Å². The Labute approximate surface area is 134 Å². The van der Waals surface area contributed by atoms with Crippen molar-refractivity contribution in [3.8, 4) is 0 Å². The molecule has 1 aromatic rings. The SMILES string of the molecule is C[C@H](B1OC(C)(C)C(C)(C)O1)[C@@H](O)c1ccc(C(F)(F)F)cc1. The highest BCUT2D eigenvalue weighted by atomic mass is 19.4. The van der Waals surface area contributed by atoms with Gasteiger partial charge in [-0.05, 0) is 45.4 Å². The van der Waals surface area contributed by atoms with Crippen LogP contribution in [-0.2, 0) is 15.5 Å². The fourth-order valence-corrected chi connectivity index (χ4v) is 2.42. The van der Waals surface area contributed by atoms with E-state index in [-0.39, 0.29) is 0 Å². The van der Waals surface area contributed by atoms with Crippen molar-refractivity contribution >= 4 is 7.12 Å². The summed E-state index contributed by atoms with van der Waals surface area (Å²) in [6, 6.07) is 4.51. The summed E-state index contributed by atoms with van der Waals surface area (Å²) in [6.07, 6.45) is -5.37.